The molecule has 0 aromatic carbocycles. The van der Waals surface area contributed by atoms with E-state index in [4.69, 9.17) is 5.73 Å². The molecule has 16 heavy (non-hydrogen) atoms. The van der Waals surface area contributed by atoms with Gasteiger partial charge in [-0.05, 0) is 51.5 Å². The Labute approximate surface area is 99.0 Å². The lowest BCUT2D eigenvalue weighted by Gasteiger charge is -2.42. The lowest BCUT2D eigenvalue weighted by atomic mass is 9.79. The Morgan fingerprint density at radius 2 is 2.06 bits per heavy atom. The molecule has 2 unspecified atom stereocenters. The minimum Gasteiger partial charge on any atom is -0.394 e. The summed E-state index contributed by atoms with van der Waals surface area (Å²) in [7, 11) is 0. The second kappa shape index (κ2) is 5.03. The average Bonchev–Trinajstić information content (AvgIpc) is 3.10. The lowest BCUT2D eigenvalue weighted by Crippen LogP contribution is -2.53. The van der Waals surface area contributed by atoms with Crippen LogP contribution in [0.3, 0.4) is 0 Å². The molecule has 2 saturated carbocycles. The van der Waals surface area contributed by atoms with E-state index < -0.39 is 0 Å². The zero-order valence-electron chi connectivity index (χ0n) is 10.5. The molecule has 0 aliphatic heterocycles. The first kappa shape index (κ1) is 12.3. The smallest absolute Gasteiger partial charge is 0.0611 e. The predicted molar refractivity (Wildman–Crippen MR) is 66.3 cm³/mol. The fraction of sp³-hybridized carbons (Fsp3) is 1.00. The van der Waals surface area contributed by atoms with Crippen molar-refractivity contribution in [3.05, 3.63) is 0 Å². The summed E-state index contributed by atoms with van der Waals surface area (Å²) in [5.74, 6) is 0. The van der Waals surface area contributed by atoms with Crippen molar-refractivity contribution in [1.29, 1.82) is 0 Å². The van der Waals surface area contributed by atoms with E-state index in [1.807, 2.05) is 0 Å². The first-order valence-electron chi connectivity index (χ1n) is 6.84. The van der Waals surface area contributed by atoms with Crippen LogP contribution in [-0.2, 0) is 0 Å². The summed E-state index contributed by atoms with van der Waals surface area (Å²) in [6.07, 6.45) is 8.39. The highest BCUT2D eigenvalue weighted by molar-refractivity contribution is 4.97. The zero-order chi connectivity index (χ0) is 11.6. The van der Waals surface area contributed by atoms with Crippen molar-refractivity contribution in [2.24, 2.45) is 5.73 Å². The number of aliphatic hydroxyl groups excluding tert-OH is 1. The van der Waals surface area contributed by atoms with E-state index in [1.54, 1.807) is 0 Å². The normalized spacial score (nSPS) is 35.6. The largest absolute Gasteiger partial charge is 0.394 e. The summed E-state index contributed by atoms with van der Waals surface area (Å²) >= 11 is 0. The maximum Gasteiger partial charge on any atom is 0.0611 e. The third kappa shape index (κ3) is 2.76. The summed E-state index contributed by atoms with van der Waals surface area (Å²) in [6, 6.07) is 1.45. The summed E-state index contributed by atoms with van der Waals surface area (Å²) in [5.41, 5.74) is 5.92. The van der Waals surface area contributed by atoms with Gasteiger partial charge in [0.15, 0.2) is 0 Å². The van der Waals surface area contributed by atoms with E-state index in [0.29, 0.717) is 6.04 Å². The van der Waals surface area contributed by atoms with Gasteiger partial charge in [0.2, 0.25) is 0 Å². The van der Waals surface area contributed by atoms with Crippen LogP contribution in [0.15, 0.2) is 0 Å². The molecule has 2 aliphatic carbocycles. The number of hydrogen-bond donors (Lipinski definition) is 2. The minimum absolute atomic E-state index is 0.147. The number of nitrogens with two attached hydrogens (primary N) is 1. The number of rotatable bonds is 5. The van der Waals surface area contributed by atoms with E-state index in [0.717, 1.165) is 18.9 Å². The van der Waals surface area contributed by atoms with E-state index in [2.05, 4.69) is 11.8 Å². The molecule has 0 heterocycles. The van der Waals surface area contributed by atoms with Gasteiger partial charge in [0.1, 0.15) is 0 Å². The summed E-state index contributed by atoms with van der Waals surface area (Å²) in [6.45, 7) is 3.60. The molecule has 0 spiro atoms. The van der Waals surface area contributed by atoms with Crippen LogP contribution in [0, 0.1) is 0 Å². The van der Waals surface area contributed by atoms with Crippen molar-refractivity contribution in [2.75, 3.05) is 13.2 Å². The van der Waals surface area contributed by atoms with Gasteiger partial charge >= 0.3 is 0 Å². The van der Waals surface area contributed by atoms with Crippen molar-refractivity contribution in [3.8, 4) is 0 Å². The third-order valence-electron chi connectivity index (χ3n) is 4.14. The highest BCUT2D eigenvalue weighted by Crippen LogP contribution is 2.36. The van der Waals surface area contributed by atoms with Crippen molar-refractivity contribution < 1.29 is 5.11 Å². The van der Waals surface area contributed by atoms with Crippen molar-refractivity contribution in [1.82, 2.24) is 4.90 Å². The van der Waals surface area contributed by atoms with E-state index in [1.165, 1.54) is 38.6 Å². The first-order valence-corrected chi connectivity index (χ1v) is 6.84. The molecule has 0 radical (unpaired) electrons. The van der Waals surface area contributed by atoms with Crippen LogP contribution in [0.1, 0.15) is 51.9 Å². The summed E-state index contributed by atoms with van der Waals surface area (Å²) < 4.78 is 0. The Balaban J connectivity index is 1.95. The van der Waals surface area contributed by atoms with Crippen molar-refractivity contribution in [3.63, 3.8) is 0 Å². The van der Waals surface area contributed by atoms with Gasteiger partial charge in [0.25, 0.3) is 0 Å². The lowest BCUT2D eigenvalue weighted by molar-refractivity contribution is 0.0763. The van der Waals surface area contributed by atoms with Gasteiger partial charge in [0, 0.05) is 17.6 Å². The topological polar surface area (TPSA) is 49.5 Å². The van der Waals surface area contributed by atoms with Crippen LogP contribution in [0.25, 0.3) is 0 Å². The van der Waals surface area contributed by atoms with Gasteiger partial charge < -0.3 is 10.8 Å². The highest BCUT2D eigenvalue weighted by Gasteiger charge is 2.39. The van der Waals surface area contributed by atoms with Gasteiger partial charge in [-0.2, -0.15) is 0 Å². The van der Waals surface area contributed by atoms with E-state index >= 15 is 0 Å². The fourth-order valence-corrected chi connectivity index (χ4v) is 3.12. The molecule has 0 saturated heterocycles. The molecule has 2 aliphatic rings. The van der Waals surface area contributed by atoms with Gasteiger partial charge in [-0.15, -0.1) is 0 Å². The second-order valence-corrected chi connectivity index (χ2v) is 5.74. The minimum atomic E-state index is -0.302. The molecule has 3 N–H and O–H groups in total. The molecule has 2 atom stereocenters. The van der Waals surface area contributed by atoms with E-state index in [9.17, 15) is 5.11 Å². The van der Waals surface area contributed by atoms with Crippen LogP contribution < -0.4 is 5.73 Å². The van der Waals surface area contributed by atoms with Crippen LogP contribution >= 0.6 is 0 Å². The number of hydrogen-bond acceptors (Lipinski definition) is 3. The monoisotopic (exact) mass is 226 g/mol. The number of aliphatic hydroxyl groups is 1. The molecule has 0 bridgehead atoms. The van der Waals surface area contributed by atoms with Crippen molar-refractivity contribution >= 4 is 0 Å². The van der Waals surface area contributed by atoms with E-state index in [-0.39, 0.29) is 12.1 Å². The molecule has 0 amide bonds. The van der Waals surface area contributed by atoms with Gasteiger partial charge in [-0.1, -0.05) is 6.92 Å². The maximum atomic E-state index is 9.39. The third-order valence-corrected chi connectivity index (χ3v) is 4.14. The number of nitrogens with zero attached hydrogens (tertiary/aromatic N) is 1. The second-order valence-electron chi connectivity index (χ2n) is 5.74. The zero-order valence-corrected chi connectivity index (χ0v) is 10.5. The Kier molecular flexibility index (Phi) is 3.88. The molecular formula is C13H26N2O. The molecule has 2 fully saturated rings. The Hall–Kier alpha value is -0.120. The Morgan fingerprint density at radius 3 is 2.62 bits per heavy atom. The van der Waals surface area contributed by atoms with Crippen LogP contribution in [0.2, 0.25) is 0 Å². The molecule has 3 nitrogen and oxygen atoms in total. The van der Waals surface area contributed by atoms with Crippen LogP contribution in [0.5, 0.6) is 0 Å². The first-order chi connectivity index (χ1) is 7.68. The van der Waals surface area contributed by atoms with Crippen LogP contribution in [-0.4, -0.2) is 40.8 Å². The van der Waals surface area contributed by atoms with Gasteiger partial charge in [-0.25, -0.2) is 0 Å². The molecule has 3 heteroatoms. The predicted octanol–water partition coefficient (Wildman–Crippen LogP) is 1.49. The standard InChI is InChI=1S/C13H26N2O/c1-2-8-15(11-5-6-11)12-4-3-7-13(14,9-12)10-16/h11-12,16H,2-10,14H2,1H3. The molecule has 2 rings (SSSR count). The average molecular weight is 226 g/mol. The Bertz CT molecular complexity index is 230. The molecule has 0 aromatic rings. The van der Waals surface area contributed by atoms with Crippen molar-refractivity contribution in [2.45, 2.75) is 69.5 Å². The highest BCUT2D eigenvalue weighted by atomic mass is 16.3. The molecule has 0 aromatic heterocycles. The quantitative estimate of drug-likeness (QED) is 0.747. The Morgan fingerprint density at radius 1 is 1.31 bits per heavy atom. The fourth-order valence-electron chi connectivity index (χ4n) is 3.12. The van der Waals surface area contributed by atoms with Gasteiger partial charge in [-0.3, -0.25) is 4.90 Å². The van der Waals surface area contributed by atoms with Crippen LogP contribution in [0.4, 0.5) is 0 Å². The summed E-state index contributed by atoms with van der Waals surface area (Å²) in [4.78, 5) is 2.66. The molecule has 94 valence electrons. The van der Waals surface area contributed by atoms with Gasteiger partial charge in [0.05, 0.1) is 6.61 Å². The maximum absolute atomic E-state index is 9.39. The molecular weight excluding hydrogens is 200 g/mol. The SMILES string of the molecule is CCCN(C1CC1)C1CCCC(N)(CO)C1. The summed E-state index contributed by atoms with van der Waals surface area (Å²) in [5, 5.41) is 9.39.